The van der Waals surface area contributed by atoms with Gasteiger partial charge in [0.1, 0.15) is 5.60 Å². The number of hydrogen-bond acceptors (Lipinski definition) is 2. The highest BCUT2D eigenvalue weighted by Crippen LogP contribution is 2.44. The smallest absolute Gasteiger partial charge is 0.383 e. The Labute approximate surface area is 105 Å². The van der Waals surface area contributed by atoms with Crippen molar-refractivity contribution < 1.29 is 18.3 Å². The number of nitrogens with two attached hydrogens (primary N) is 1. The van der Waals surface area contributed by atoms with Crippen molar-refractivity contribution in [1.29, 1.82) is 0 Å². The van der Waals surface area contributed by atoms with Crippen LogP contribution in [0.15, 0.2) is 24.3 Å². The SMILES string of the molecule is CC(C)(C)C(O)(CN)c1ccccc1C(F)(F)F. The predicted molar refractivity (Wildman–Crippen MR) is 63.9 cm³/mol. The highest BCUT2D eigenvalue weighted by atomic mass is 19.4. The molecule has 3 N–H and O–H groups in total. The zero-order chi connectivity index (χ0) is 14.2. The Morgan fingerprint density at radius 3 is 1.83 bits per heavy atom. The summed E-state index contributed by atoms with van der Waals surface area (Å²) in [6.45, 7) is 4.70. The number of alkyl halides is 3. The third kappa shape index (κ3) is 2.52. The summed E-state index contributed by atoms with van der Waals surface area (Å²) in [6, 6.07) is 5.01. The summed E-state index contributed by atoms with van der Waals surface area (Å²) in [6.07, 6.45) is -4.51. The Hall–Kier alpha value is -1.07. The van der Waals surface area contributed by atoms with Crippen LogP contribution >= 0.6 is 0 Å². The first-order valence-electron chi connectivity index (χ1n) is 5.63. The summed E-state index contributed by atoms with van der Waals surface area (Å²) in [7, 11) is 0. The van der Waals surface area contributed by atoms with Gasteiger partial charge in [-0.25, -0.2) is 0 Å². The zero-order valence-corrected chi connectivity index (χ0v) is 10.7. The van der Waals surface area contributed by atoms with Gasteiger partial charge in [0, 0.05) is 6.54 Å². The molecule has 0 spiro atoms. The second-order valence-electron chi connectivity index (χ2n) is 5.36. The average molecular weight is 261 g/mol. The number of hydrogen-bond donors (Lipinski definition) is 2. The van der Waals surface area contributed by atoms with Crippen molar-refractivity contribution in [2.45, 2.75) is 32.5 Å². The summed E-state index contributed by atoms with van der Waals surface area (Å²) in [4.78, 5) is 0. The standard InChI is InChI=1S/C13H18F3NO/c1-11(2,3)12(18,8-17)9-6-4-5-7-10(9)13(14,15)16/h4-7,18H,8,17H2,1-3H3. The molecular weight excluding hydrogens is 243 g/mol. The molecule has 1 rings (SSSR count). The molecule has 0 saturated carbocycles. The zero-order valence-electron chi connectivity index (χ0n) is 10.7. The maximum absolute atomic E-state index is 13.0. The Morgan fingerprint density at radius 1 is 1.06 bits per heavy atom. The molecule has 1 unspecified atom stereocenters. The van der Waals surface area contributed by atoms with E-state index in [0.717, 1.165) is 6.07 Å². The van der Waals surface area contributed by atoms with Gasteiger partial charge in [-0.05, 0) is 17.0 Å². The molecular formula is C13H18F3NO. The van der Waals surface area contributed by atoms with E-state index in [4.69, 9.17) is 5.73 Å². The second-order valence-corrected chi connectivity index (χ2v) is 5.36. The Kier molecular flexibility index (Phi) is 3.79. The molecule has 5 heteroatoms. The third-order valence-electron chi connectivity index (χ3n) is 3.21. The molecule has 0 saturated heterocycles. The predicted octanol–water partition coefficient (Wildman–Crippen LogP) is 2.90. The van der Waals surface area contributed by atoms with Crippen molar-refractivity contribution in [2.24, 2.45) is 11.1 Å². The van der Waals surface area contributed by atoms with Crippen molar-refractivity contribution in [2.75, 3.05) is 6.54 Å². The number of halogens is 3. The molecule has 0 amide bonds. The number of rotatable bonds is 2. The van der Waals surface area contributed by atoms with Gasteiger partial charge in [0.05, 0.1) is 5.56 Å². The molecule has 0 aliphatic carbocycles. The molecule has 18 heavy (non-hydrogen) atoms. The molecule has 2 nitrogen and oxygen atoms in total. The van der Waals surface area contributed by atoms with Crippen molar-refractivity contribution in [3.63, 3.8) is 0 Å². The molecule has 0 bridgehead atoms. The van der Waals surface area contributed by atoms with E-state index in [2.05, 4.69) is 0 Å². The minimum absolute atomic E-state index is 0.174. The highest BCUT2D eigenvalue weighted by Gasteiger charge is 2.46. The van der Waals surface area contributed by atoms with Gasteiger partial charge in [-0.1, -0.05) is 39.0 Å². The van der Waals surface area contributed by atoms with Gasteiger partial charge >= 0.3 is 6.18 Å². The molecule has 0 heterocycles. The molecule has 0 aromatic heterocycles. The van der Waals surface area contributed by atoms with Crippen LogP contribution in [0.25, 0.3) is 0 Å². The summed E-state index contributed by atoms with van der Waals surface area (Å²) in [5.41, 5.74) is 1.98. The minimum Gasteiger partial charge on any atom is -0.383 e. The topological polar surface area (TPSA) is 46.2 Å². The Morgan fingerprint density at radius 2 is 1.50 bits per heavy atom. The fourth-order valence-corrected chi connectivity index (χ4v) is 1.91. The highest BCUT2D eigenvalue weighted by molar-refractivity contribution is 5.36. The maximum atomic E-state index is 13.0. The average Bonchev–Trinajstić information content (AvgIpc) is 2.25. The lowest BCUT2D eigenvalue weighted by atomic mass is 9.71. The van der Waals surface area contributed by atoms with Crippen LogP contribution in [0.3, 0.4) is 0 Å². The monoisotopic (exact) mass is 261 g/mol. The van der Waals surface area contributed by atoms with Crippen molar-refractivity contribution in [3.8, 4) is 0 Å². The lowest BCUT2D eigenvalue weighted by Gasteiger charge is -2.41. The summed E-state index contributed by atoms with van der Waals surface area (Å²) < 4.78 is 38.9. The van der Waals surface area contributed by atoms with Crippen LogP contribution in [0.2, 0.25) is 0 Å². The Bertz CT molecular complexity index is 423. The van der Waals surface area contributed by atoms with Gasteiger partial charge in [0.15, 0.2) is 0 Å². The van der Waals surface area contributed by atoms with E-state index in [1.165, 1.54) is 18.2 Å². The molecule has 102 valence electrons. The van der Waals surface area contributed by atoms with E-state index in [0.29, 0.717) is 0 Å². The normalized spacial score (nSPS) is 16.4. The summed E-state index contributed by atoms with van der Waals surface area (Å²) in [5.74, 6) is 0. The van der Waals surface area contributed by atoms with Crippen LogP contribution in [-0.4, -0.2) is 11.7 Å². The lowest BCUT2D eigenvalue weighted by Crippen LogP contribution is -2.47. The maximum Gasteiger partial charge on any atom is 0.416 e. The molecule has 1 aromatic carbocycles. The van der Waals surface area contributed by atoms with Gasteiger partial charge < -0.3 is 10.8 Å². The third-order valence-corrected chi connectivity index (χ3v) is 3.21. The first-order chi connectivity index (χ1) is 8.04. The van der Waals surface area contributed by atoms with Crippen LogP contribution in [0, 0.1) is 5.41 Å². The quantitative estimate of drug-likeness (QED) is 0.859. The fourth-order valence-electron chi connectivity index (χ4n) is 1.91. The summed E-state index contributed by atoms with van der Waals surface area (Å²) in [5, 5.41) is 10.5. The molecule has 1 aromatic rings. The van der Waals surface area contributed by atoms with Crippen molar-refractivity contribution in [3.05, 3.63) is 35.4 Å². The Balaban J connectivity index is 3.50. The van der Waals surface area contributed by atoms with Gasteiger partial charge in [-0.15, -0.1) is 0 Å². The van der Waals surface area contributed by atoms with Crippen LogP contribution in [-0.2, 0) is 11.8 Å². The van der Waals surface area contributed by atoms with Crippen LogP contribution in [0.4, 0.5) is 13.2 Å². The van der Waals surface area contributed by atoms with Crippen LogP contribution < -0.4 is 5.73 Å². The van der Waals surface area contributed by atoms with Crippen LogP contribution in [0.5, 0.6) is 0 Å². The van der Waals surface area contributed by atoms with Crippen molar-refractivity contribution in [1.82, 2.24) is 0 Å². The first kappa shape index (κ1) is 15.0. The largest absolute Gasteiger partial charge is 0.416 e. The van der Waals surface area contributed by atoms with Crippen LogP contribution in [0.1, 0.15) is 31.9 Å². The van der Waals surface area contributed by atoms with Gasteiger partial charge in [-0.2, -0.15) is 13.2 Å². The van der Waals surface area contributed by atoms with Gasteiger partial charge in [-0.3, -0.25) is 0 Å². The molecule has 0 radical (unpaired) electrons. The lowest BCUT2D eigenvalue weighted by molar-refractivity contribution is -0.143. The minimum atomic E-state index is -4.51. The molecule has 1 atom stereocenters. The van der Waals surface area contributed by atoms with E-state index >= 15 is 0 Å². The van der Waals surface area contributed by atoms with E-state index in [1.54, 1.807) is 20.8 Å². The van der Waals surface area contributed by atoms with Crippen molar-refractivity contribution >= 4 is 0 Å². The number of aliphatic hydroxyl groups is 1. The first-order valence-corrected chi connectivity index (χ1v) is 5.63. The van der Waals surface area contributed by atoms with Gasteiger partial charge in [0.25, 0.3) is 0 Å². The molecule has 0 aliphatic rings. The summed E-state index contributed by atoms with van der Waals surface area (Å²) >= 11 is 0. The van der Waals surface area contributed by atoms with E-state index < -0.39 is 22.8 Å². The van der Waals surface area contributed by atoms with E-state index in [9.17, 15) is 18.3 Å². The van der Waals surface area contributed by atoms with E-state index in [-0.39, 0.29) is 12.1 Å². The number of benzene rings is 1. The molecule has 0 fully saturated rings. The second kappa shape index (κ2) is 4.55. The molecule has 0 aliphatic heterocycles. The van der Waals surface area contributed by atoms with Gasteiger partial charge in [0.2, 0.25) is 0 Å². The van der Waals surface area contributed by atoms with E-state index in [1.807, 2.05) is 0 Å². The fraction of sp³-hybridized carbons (Fsp3) is 0.538.